The third kappa shape index (κ3) is 1.19. The Hall–Kier alpha value is -0.650. The highest BCUT2D eigenvalue weighted by Gasteiger charge is 2.90. The van der Waals surface area contributed by atoms with Gasteiger partial charge in [-0.05, 0) is 0 Å². The maximum absolute atomic E-state index is 12.7. The van der Waals surface area contributed by atoms with E-state index in [0.717, 1.165) is 0 Å². The van der Waals surface area contributed by atoms with Gasteiger partial charge in [0.25, 0.3) is 9.84 Å². The summed E-state index contributed by atoms with van der Waals surface area (Å²) < 4.78 is 120. The molecule has 1 unspecified atom stereocenters. The van der Waals surface area contributed by atoms with Crippen LogP contribution in [0, 0.1) is 0 Å². The van der Waals surface area contributed by atoms with Crippen LogP contribution in [0.15, 0.2) is 0 Å². The van der Waals surface area contributed by atoms with Crippen molar-refractivity contribution in [3.05, 3.63) is 0 Å². The van der Waals surface area contributed by atoms with E-state index in [0.29, 0.717) is 0 Å². The fourth-order valence-electron chi connectivity index (χ4n) is 0.811. The Morgan fingerprint density at radius 3 is 1.44 bits per heavy atom. The number of sulfone groups is 1. The van der Waals surface area contributed by atoms with Crippen molar-refractivity contribution in [2.75, 3.05) is 0 Å². The average Bonchev–Trinajstić information content (AvgIpc) is 2.07. The lowest BCUT2D eigenvalue weighted by Crippen LogP contribution is -2.49. The van der Waals surface area contributed by atoms with E-state index in [9.17, 15) is 43.5 Å². The molecule has 1 rings (SSSR count). The van der Waals surface area contributed by atoms with Crippen LogP contribution in [-0.4, -0.2) is 31.1 Å². The zero-order valence-corrected chi connectivity index (χ0v) is 7.47. The number of hydrogen-bond acceptors (Lipinski definition) is 3. The molecule has 16 heavy (non-hydrogen) atoms. The van der Waals surface area contributed by atoms with Crippen LogP contribution >= 0.6 is 0 Å². The maximum Gasteiger partial charge on any atom is 0.465 e. The highest BCUT2D eigenvalue weighted by molar-refractivity contribution is 7.93. The first-order chi connectivity index (χ1) is 6.71. The van der Waals surface area contributed by atoms with Gasteiger partial charge in [0.1, 0.15) is 0 Å². The SMILES string of the molecule is O=S1(=O)C(F)(F)C(F)(F)OC1(F)C(F)(F)F. The topological polar surface area (TPSA) is 43.4 Å². The first-order valence-electron chi connectivity index (χ1n) is 3.16. The molecule has 0 radical (unpaired) electrons. The van der Waals surface area contributed by atoms with E-state index in [4.69, 9.17) is 0 Å². The van der Waals surface area contributed by atoms with Gasteiger partial charge in [-0.1, -0.05) is 0 Å². The summed E-state index contributed by atoms with van der Waals surface area (Å²) in [5.74, 6) is 0. The van der Waals surface area contributed by atoms with Crippen molar-refractivity contribution >= 4 is 9.84 Å². The molecule has 0 aromatic heterocycles. The van der Waals surface area contributed by atoms with Gasteiger partial charge in [-0.25, -0.2) is 8.42 Å². The fraction of sp³-hybridized carbons (Fsp3) is 1.00. The molecule has 96 valence electrons. The number of halogens is 8. The molecule has 3 nitrogen and oxygen atoms in total. The van der Waals surface area contributed by atoms with Crippen LogP contribution < -0.4 is 0 Å². The predicted molar refractivity (Wildman–Crippen MR) is 29.8 cm³/mol. The molecule has 0 aromatic rings. The second-order valence-electron chi connectivity index (χ2n) is 2.67. The Kier molecular flexibility index (Phi) is 2.33. The van der Waals surface area contributed by atoms with Crippen LogP contribution in [0.5, 0.6) is 0 Å². The van der Waals surface area contributed by atoms with Gasteiger partial charge in [-0.15, -0.1) is 0 Å². The smallest absolute Gasteiger partial charge is 0.256 e. The molecule has 0 spiro atoms. The van der Waals surface area contributed by atoms with Crippen molar-refractivity contribution in [2.45, 2.75) is 22.7 Å². The highest BCUT2D eigenvalue weighted by atomic mass is 32.2. The van der Waals surface area contributed by atoms with E-state index >= 15 is 0 Å². The first kappa shape index (κ1) is 13.4. The van der Waals surface area contributed by atoms with Crippen LogP contribution in [0.4, 0.5) is 35.1 Å². The molecule has 1 aliphatic heterocycles. The number of hydrogen-bond donors (Lipinski definition) is 0. The quantitative estimate of drug-likeness (QED) is 0.635. The summed E-state index contributed by atoms with van der Waals surface area (Å²) in [7, 11) is -7.23. The molecule has 0 aromatic carbocycles. The first-order valence-corrected chi connectivity index (χ1v) is 4.64. The number of ether oxygens (including phenoxy) is 1. The summed E-state index contributed by atoms with van der Waals surface area (Å²) in [5.41, 5.74) is 0. The van der Waals surface area contributed by atoms with Crippen molar-refractivity contribution < 1.29 is 48.3 Å². The third-order valence-corrected chi connectivity index (χ3v) is 3.54. The number of alkyl halides is 8. The van der Waals surface area contributed by atoms with Gasteiger partial charge in [-0.3, -0.25) is 4.74 Å². The molecule has 1 atom stereocenters. The lowest BCUT2D eigenvalue weighted by atomic mass is 10.6. The van der Waals surface area contributed by atoms with Gasteiger partial charge in [0.15, 0.2) is 0 Å². The second kappa shape index (κ2) is 2.78. The van der Waals surface area contributed by atoms with Crippen molar-refractivity contribution in [3.8, 4) is 0 Å². The average molecular weight is 280 g/mol. The van der Waals surface area contributed by atoms with Crippen molar-refractivity contribution in [2.24, 2.45) is 0 Å². The largest absolute Gasteiger partial charge is 0.465 e. The molecule has 0 N–H and O–H groups in total. The van der Waals surface area contributed by atoms with Crippen molar-refractivity contribution in [1.29, 1.82) is 0 Å². The van der Waals surface area contributed by atoms with E-state index in [2.05, 4.69) is 4.74 Å². The molecule has 1 fully saturated rings. The Morgan fingerprint density at radius 1 is 0.938 bits per heavy atom. The molecule has 0 bridgehead atoms. The summed E-state index contributed by atoms with van der Waals surface area (Å²) in [6, 6.07) is 0. The van der Waals surface area contributed by atoms with E-state index in [1.54, 1.807) is 0 Å². The van der Waals surface area contributed by atoms with Crippen molar-refractivity contribution in [3.63, 3.8) is 0 Å². The zero-order chi connectivity index (χ0) is 13.2. The number of rotatable bonds is 0. The van der Waals surface area contributed by atoms with Crippen LogP contribution in [0.2, 0.25) is 0 Å². The summed E-state index contributed by atoms with van der Waals surface area (Å²) in [5, 5.41) is -12.4. The van der Waals surface area contributed by atoms with Gasteiger partial charge in [0.05, 0.1) is 0 Å². The van der Waals surface area contributed by atoms with Gasteiger partial charge in [0.2, 0.25) is 0 Å². The van der Waals surface area contributed by atoms with Crippen molar-refractivity contribution in [1.82, 2.24) is 0 Å². The molecule has 0 aliphatic carbocycles. The minimum absolute atomic E-state index is 2.07. The molecule has 1 aliphatic rings. The van der Waals surface area contributed by atoms with Gasteiger partial charge in [-0.2, -0.15) is 35.1 Å². The lowest BCUT2D eigenvalue weighted by Gasteiger charge is -2.19. The fourth-order valence-corrected chi connectivity index (χ4v) is 2.01. The Morgan fingerprint density at radius 2 is 1.31 bits per heavy atom. The summed E-state index contributed by atoms with van der Waals surface area (Å²) in [6.45, 7) is 0. The van der Waals surface area contributed by atoms with E-state index in [-0.39, 0.29) is 0 Å². The summed E-state index contributed by atoms with van der Waals surface area (Å²) in [4.78, 5) is 0. The molecule has 12 heteroatoms. The molecular weight excluding hydrogens is 280 g/mol. The Labute approximate surface area is 81.9 Å². The Bertz CT molecular complexity index is 409. The van der Waals surface area contributed by atoms with E-state index in [1.807, 2.05) is 0 Å². The Balaban J connectivity index is 3.54. The van der Waals surface area contributed by atoms with E-state index < -0.39 is 32.6 Å². The monoisotopic (exact) mass is 280 g/mol. The standard InChI is InChI=1S/C4F8O3S/c5-1(6,7)4(12)15-2(8,9)3(10,11)16(4,13)14. The summed E-state index contributed by atoms with van der Waals surface area (Å²) in [6.07, 6.45) is -12.7. The predicted octanol–water partition coefficient (Wildman–Crippen LogP) is 1.80. The molecule has 1 heterocycles. The van der Waals surface area contributed by atoms with Gasteiger partial charge < -0.3 is 0 Å². The van der Waals surface area contributed by atoms with Crippen LogP contribution in [0.3, 0.4) is 0 Å². The lowest BCUT2D eigenvalue weighted by molar-refractivity contribution is -0.386. The second-order valence-corrected chi connectivity index (χ2v) is 4.72. The molecular formula is C4F8O3S. The van der Waals surface area contributed by atoms with E-state index in [1.165, 1.54) is 0 Å². The highest BCUT2D eigenvalue weighted by Crippen LogP contribution is 2.59. The zero-order valence-electron chi connectivity index (χ0n) is 6.66. The minimum atomic E-state index is -7.23. The normalized spacial score (nSPS) is 36.2. The van der Waals surface area contributed by atoms with Crippen LogP contribution in [0.25, 0.3) is 0 Å². The molecule has 0 amide bonds. The maximum atomic E-state index is 12.7. The third-order valence-electron chi connectivity index (χ3n) is 1.62. The van der Waals surface area contributed by atoms with Gasteiger partial charge in [0, 0.05) is 0 Å². The molecule has 0 saturated carbocycles. The van der Waals surface area contributed by atoms with Crippen LogP contribution in [-0.2, 0) is 14.6 Å². The van der Waals surface area contributed by atoms with Gasteiger partial charge >= 0.3 is 22.7 Å². The van der Waals surface area contributed by atoms with Crippen LogP contribution in [0.1, 0.15) is 0 Å². The minimum Gasteiger partial charge on any atom is -0.256 e. The molecule has 1 saturated heterocycles. The summed E-state index contributed by atoms with van der Waals surface area (Å²) >= 11 is 0.